The zero-order valence-corrected chi connectivity index (χ0v) is 18.7. The maximum Gasteiger partial charge on any atom is 0.350 e. The van der Waals surface area contributed by atoms with Crippen molar-refractivity contribution in [2.24, 2.45) is 5.41 Å². The number of aromatic nitrogens is 3. The quantitative estimate of drug-likeness (QED) is 0.600. The first-order valence-electron chi connectivity index (χ1n) is 10.6. The van der Waals surface area contributed by atoms with Gasteiger partial charge < -0.3 is 4.90 Å². The second-order valence-corrected chi connectivity index (χ2v) is 9.44. The van der Waals surface area contributed by atoms with Gasteiger partial charge in [-0.25, -0.2) is 9.48 Å². The molecule has 0 aliphatic carbocycles. The number of halogens is 1. The van der Waals surface area contributed by atoms with Gasteiger partial charge in [0.05, 0.1) is 6.54 Å². The highest BCUT2D eigenvalue weighted by atomic mass is 35.5. The fourth-order valence-electron chi connectivity index (χ4n) is 4.54. The molecule has 1 aliphatic rings. The molecule has 0 radical (unpaired) electrons. The molecule has 3 heterocycles. The first kappa shape index (κ1) is 20.9. The molecular formula is C23H30ClN5O. The van der Waals surface area contributed by atoms with Gasteiger partial charge in [0.25, 0.3) is 0 Å². The molecule has 1 saturated heterocycles. The number of nitrogens with zero attached hydrogens (tertiary/aromatic N) is 5. The summed E-state index contributed by atoms with van der Waals surface area (Å²) in [5.41, 5.74) is 1.75. The second-order valence-electron chi connectivity index (χ2n) is 9.00. The molecular weight excluding hydrogens is 398 g/mol. The minimum Gasteiger partial charge on any atom is -0.366 e. The van der Waals surface area contributed by atoms with Crippen molar-refractivity contribution in [1.29, 1.82) is 0 Å². The molecule has 0 spiro atoms. The van der Waals surface area contributed by atoms with Gasteiger partial charge in [-0.2, -0.15) is 0 Å². The van der Waals surface area contributed by atoms with E-state index in [9.17, 15) is 4.79 Å². The van der Waals surface area contributed by atoms with Crippen LogP contribution >= 0.6 is 11.6 Å². The summed E-state index contributed by atoms with van der Waals surface area (Å²) < 4.78 is 3.21. The number of hydrogen-bond acceptors (Lipinski definition) is 4. The van der Waals surface area contributed by atoms with Crippen molar-refractivity contribution < 1.29 is 0 Å². The van der Waals surface area contributed by atoms with E-state index in [1.54, 1.807) is 15.3 Å². The van der Waals surface area contributed by atoms with E-state index in [0.29, 0.717) is 18.2 Å². The summed E-state index contributed by atoms with van der Waals surface area (Å²) in [6, 6.07) is 14.2. The topological polar surface area (TPSA) is 45.8 Å². The number of fused-ring (bicyclic) bond motifs is 1. The molecule has 0 saturated carbocycles. The minimum absolute atomic E-state index is 0.0712. The molecule has 30 heavy (non-hydrogen) atoms. The summed E-state index contributed by atoms with van der Waals surface area (Å²) >= 11 is 6.22. The second kappa shape index (κ2) is 8.44. The molecule has 2 aromatic heterocycles. The van der Waals surface area contributed by atoms with Crippen molar-refractivity contribution in [2.45, 2.75) is 39.8 Å². The van der Waals surface area contributed by atoms with Gasteiger partial charge in [-0.3, -0.25) is 9.30 Å². The number of benzene rings is 1. The van der Waals surface area contributed by atoms with Crippen molar-refractivity contribution in [3.05, 3.63) is 64.2 Å². The average molecular weight is 428 g/mol. The Bertz CT molecular complexity index is 1070. The molecule has 6 nitrogen and oxygen atoms in total. The Kier molecular flexibility index (Phi) is 5.89. The monoisotopic (exact) mass is 427 g/mol. The maximum atomic E-state index is 12.7. The molecule has 7 heteroatoms. The van der Waals surface area contributed by atoms with Crippen LogP contribution in [0.5, 0.6) is 0 Å². The van der Waals surface area contributed by atoms with Gasteiger partial charge >= 0.3 is 5.69 Å². The predicted molar refractivity (Wildman–Crippen MR) is 123 cm³/mol. The van der Waals surface area contributed by atoms with Gasteiger partial charge in [-0.1, -0.05) is 44.5 Å². The number of pyridine rings is 1. The lowest BCUT2D eigenvalue weighted by Gasteiger charge is -2.44. The Morgan fingerprint density at radius 2 is 1.97 bits per heavy atom. The van der Waals surface area contributed by atoms with Crippen LogP contribution in [-0.2, 0) is 6.54 Å². The SMILES string of the molecule is CCC1CN(CC(C)(C)Cn2nc3ccccn3c2=O)CCN1c1cccc(Cl)c1. The standard InChI is InChI=1S/C23H30ClN5O/c1-4-19-15-26(12-13-27(19)20-9-7-8-18(24)14-20)16-23(2,3)17-29-22(30)28-11-6-5-10-21(28)25-29/h5-11,14,19H,4,12-13,15-17H2,1-3H3. The lowest BCUT2D eigenvalue weighted by Crippen LogP contribution is -2.55. The average Bonchev–Trinajstić information content (AvgIpc) is 3.02. The Hall–Kier alpha value is -2.31. The third-order valence-electron chi connectivity index (χ3n) is 5.90. The van der Waals surface area contributed by atoms with Crippen molar-refractivity contribution in [3.8, 4) is 0 Å². The zero-order valence-electron chi connectivity index (χ0n) is 18.0. The van der Waals surface area contributed by atoms with Crippen molar-refractivity contribution in [3.63, 3.8) is 0 Å². The van der Waals surface area contributed by atoms with E-state index in [1.807, 2.05) is 30.3 Å². The molecule has 1 atom stereocenters. The van der Waals surface area contributed by atoms with Gasteiger partial charge in [-0.05, 0) is 42.2 Å². The van der Waals surface area contributed by atoms with E-state index in [-0.39, 0.29) is 11.1 Å². The van der Waals surface area contributed by atoms with Crippen LogP contribution in [0.15, 0.2) is 53.5 Å². The Balaban J connectivity index is 1.44. The van der Waals surface area contributed by atoms with Crippen LogP contribution in [0.3, 0.4) is 0 Å². The predicted octanol–water partition coefficient (Wildman–Crippen LogP) is 3.78. The highest BCUT2D eigenvalue weighted by molar-refractivity contribution is 6.30. The molecule has 0 bridgehead atoms. The van der Waals surface area contributed by atoms with E-state index in [2.05, 4.69) is 47.8 Å². The van der Waals surface area contributed by atoms with Gasteiger partial charge in [0.1, 0.15) is 0 Å². The van der Waals surface area contributed by atoms with Crippen LogP contribution < -0.4 is 10.6 Å². The van der Waals surface area contributed by atoms with Crippen molar-refractivity contribution in [2.75, 3.05) is 31.1 Å². The van der Waals surface area contributed by atoms with Gasteiger partial charge in [-0.15, -0.1) is 5.10 Å². The van der Waals surface area contributed by atoms with Crippen LogP contribution in [0.2, 0.25) is 5.02 Å². The third kappa shape index (κ3) is 4.40. The van der Waals surface area contributed by atoms with E-state index >= 15 is 0 Å². The normalized spacial score (nSPS) is 18.3. The van der Waals surface area contributed by atoms with Crippen LogP contribution in [0.25, 0.3) is 5.65 Å². The first-order chi connectivity index (χ1) is 14.4. The molecule has 4 rings (SSSR count). The Morgan fingerprint density at radius 1 is 1.13 bits per heavy atom. The van der Waals surface area contributed by atoms with Crippen LogP contribution in [0, 0.1) is 5.41 Å². The molecule has 160 valence electrons. The number of anilines is 1. The van der Waals surface area contributed by atoms with Crippen LogP contribution in [0.4, 0.5) is 5.69 Å². The maximum absolute atomic E-state index is 12.7. The molecule has 1 unspecified atom stereocenters. The number of hydrogen-bond donors (Lipinski definition) is 0. The molecule has 3 aromatic rings. The van der Waals surface area contributed by atoms with E-state index < -0.39 is 0 Å². The smallest absolute Gasteiger partial charge is 0.350 e. The molecule has 0 amide bonds. The molecule has 1 aromatic carbocycles. The molecule has 1 aliphatic heterocycles. The highest BCUT2D eigenvalue weighted by Crippen LogP contribution is 2.27. The fourth-order valence-corrected chi connectivity index (χ4v) is 4.72. The molecule has 0 N–H and O–H groups in total. The van der Waals surface area contributed by atoms with Crippen LogP contribution in [0.1, 0.15) is 27.2 Å². The molecule has 1 fully saturated rings. The third-order valence-corrected chi connectivity index (χ3v) is 6.13. The lowest BCUT2D eigenvalue weighted by molar-refractivity contribution is 0.132. The Morgan fingerprint density at radius 3 is 2.70 bits per heavy atom. The lowest BCUT2D eigenvalue weighted by atomic mass is 9.92. The summed E-state index contributed by atoms with van der Waals surface area (Å²) in [5.74, 6) is 0. The zero-order chi connectivity index (χ0) is 21.3. The summed E-state index contributed by atoms with van der Waals surface area (Å²) in [7, 11) is 0. The van der Waals surface area contributed by atoms with Gasteiger partial charge in [0, 0.05) is 49.1 Å². The first-order valence-corrected chi connectivity index (χ1v) is 11.0. The number of piperazine rings is 1. The summed E-state index contributed by atoms with van der Waals surface area (Å²) in [5, 5.41) is 5.29. The van der Waals surface area contributed by atoms with Crippen LogP contribution in [-0.4, -0.2) is 51.3 Å². The van der Waals surface area contributed by atoms with Gasteiger partial charge in [0.15, 0.2) is 5.65 Å². The van der Waals surface area contributed by atoms with Gasteiger partial charge in [0.2, 0.25) is 0 Å². The van der Waals surface area contributed by atoms with E-state index in [4.69, 9.17) is 11.6 Å². The Labute approximate surface area is 182 Å². The highest BCUT2D eigenvalue weighted by Gasteiger charge is 2.30. The summed E-state index contributed by atoms with van der Waals surface area (Å²) in [6.45, 7) is 11.2. The van der Waals surface area contributed by atoms with Crippen molar-refractivity contribution >= 4 is 22.9 Å². The van der Waals surface area contributed by atoms with E-state index in [0.717, 1.165) is 37.6 Å². The summed E-state index contributed by atoms with van der Waals surface area (Å²) in [4.78, 5) is 17.7. The summed E-state index contributed by atoms with van der Waals surface area (Å²) in [6.07, 6.45) is 2.85. The van der Waals surface area contributed by atoms with Crippen molar-refractivity contribution in [1.82, 2.24) is 19.1 Å². The largest absolute Gasteiger partial charge is 0.366 e. The number of rotatable bonds is 6. The van der Waals surface area contributed by atoms with E-state index in [1.165, 1.54) is 5.69 Å². The minimum atomic E-state index is -0.0733. The fraction of sp³-hybridized carbons (Fsp3) is 0.478.